The van der Waals surface area contributed by atoms with Gasteiger partial charge in [-0.05, 0) is 44.9 Å². The first-order valence-electron chi connectivity index (χ1n) is 14.0. The maximum Gasteiger partial charge on any atom is 0.335 e. The number of Topliss-reactive ketones (excluding diaryl/α,β-unsaturated/α-hetero) is 1. The van der Waals surface area contributed by atoms with Gasteiger partial charge in [-0.25, -0.2) is 4.79 Å². The van der Waals surface area contributed by atoms with Gasteiger partial charge in [0.2, 0.25) is 12.2 Å². The smallest absolute Gasteiger partial charge is 0.335 e. The number of aliphatic hydroxyl groups excluding tert-OH is 3. The molecular formula is C29H37N3O13. The normalized spacial score (nSPS) is 23.9. The van der Waals surface area contributed by atoms with Gasteiger partial charge in [0.25, 0.3) is 11.8 Å². The Morgan fingerprint density at radius 1 is 1.02 bits per heavy atom. The van der Waals surface area contributed by atoms with Crippen LogP contribution in [0.4, 0.5) is 5.69 Å². The predicted molar refractivity (Wildman–Crippen MR) is 152 cm³/mol. The minimum Gasteiger partial charge on any atom is -0.479 e. The summed E-state index contributed by atoms with van der Waals surface area (Å²) in [7, 11) is 0. The topological polar surface area (TPSA) is 252 Å². The minimum atomic E-state index is -1.95. The van der Waals surface area contributed by atoms with Gasteiger partial charge in [0.15, 0.2) is 11.9 Å². The maximum atomic E-state index is 12.9. The van der Waals surface area contributed by atoms with Crippen molar-refractivity contribution in [1.82, 2.24) is 4.90 Å². The number of hydrogen-bond acceptors (Lipinski definition) is 13. The van der Waals surface area contributed by atoms with Crippen LogP contribution in [0.15, 0.2) is 30.4 Å². The number of aliphatic carboxylic acids is 1. The van der Waals surface area contributed by atoms with E-state index in [1.54, 1.807) is 20.8 Å². The number of anilines is 1. The third-order valence-electron chi connectivity index (χ3n) is 6.93. The van der Waals surface area contributed by atoms with E-state index in [0.717, 1.165) is 17.1 Å². The molecule has 7 N–H and O–H groups in total. The molecule has 3 amide bonds. The Kier molecular flexibility index (Phi) is 11.5. The van der Waals surface area contributed by atoms with Crippen LogP contribution in [0.3, 0.4) is 0 Å². The summed E-state index contributed by atoms with van der Waals surface area (Å²) in [6, 6.07) is 3.01. The highest BCUT2D eigenvalue weighted by Crippen LogP contribution is 2.31. The van der Waals surface area contributed by atoms with Crippen LogP contribution in [0.25, 0.3) is 0 Å². The van der Waals surface area contributed by atoms with Crippen molar-refractivity contribution in [2.75, 3.05) is 11.9 Å². The molecule has 0 aliphatic carbocycles. The van der Waals surface area contributed by atoms with Gasteiger partial charge in [0, 0.05) is 31.5 Å². The SMILES string of the molecule is CC(C)(C)C(=O)OCc1ccc(O[C@@H]2O[C@H](C(=O)O)[C@@H](O)[C@H](O)[C@H]2O)c(NC(=O)CCCC(=O)C(CN)N2C(=O)C=CC2=O)c1. The number of nitrogens with two attached hydrogens (primary N) is 1. The molecule has 16 nitrogen and oxygen atoms in total. The van der Waals surface area contributed by atoms with Gasteiger partial charge >= 0.3 is 11.9 Å². The van der Waals surface area contributed by atoms with Crippen LogP contribution >= 0.6 is 0 Å². The molecule has 0 radical (unpaired) electrons. The first-order chi connectivity index (χ1) is 21.0. The van der Waals surface area contributed by atoms with Crippen molar-refractivity contribution in [1.29, 1.82) is 0 Å². The molecule has 0 spiro atoms. The molecular weight excluding hydrogens is 598 g/mol. The first kappa shape index (κ1) is 35.3. The van der Waals surface area contributed by atoms with E-state index in [9.17, 15) is 49.2 Å². The Bertz CT molecular complexity index is 1340. The molecule has 0 aromatic heterocycles. The molecule has 6 atom stereocenters. The molecule has 45 heavy (non-hydrogen) atoms. The number of carbonyl (C=O) groups is 6. The molecule has 2 heterocycles. The fourth-order valence-corrected chi connectivity index (χ4v) is 4.41. The van der Waals surface area contributed by atoms with E-state index in [1.165, 1.54) is 18.2 Å². The number of nitrogens with zero attached hydrogens (tertiary/aromatic N) is 1. The van der Waals surface area contributed by atoms with Gasteiger partial charge in [-0.15, -0.1) is 0 Å². The van der Waals surface area contributed by atoms with Crippen LogP contribution in [-0.2, 0) is 44.8 Å². The summed E-state index contributed by atoms with van der Waals surface area (Å²) in [6.45, 7) is 4.52. The van der Waals surface area contributed by atoms with Gasteiger partial charge < -0.3 is 45.7 Å². The van der Waals surface area contributed by atoms with Gasteiger partial charge in [-0.1, -0.05) is 6.07 Å². The monoisotopic (exact) mass is 635 g/mol. The Labute approximate surface area is 257 Å². The molecule has 16 heteroatoms. The third-order valence-corrected chi connectivity index (χ3v) is 6.93. The Hall–Kier alpha value is -4.22. The average Bonchev–Trinajstić information content (AvgIpc) is 3.29. The Morgan fingerprint density at radius 2 is 1.67 bits per heavy atom. The Balaban J connectivity index is 1.74. The second-order valence-corrected chi connectivity index (χ2v) is 11.5. The standard InChI is InChI=1S/C29H37N3O13/c1-29(2,3)28(42)43-13-14-7-8-18(44-27-24(39)22(37)23(38)25(45-27)26(40)41)15(11-14)31-19(34)6-4-5-17(33)16(12-30)32-20(35)9-10-21(32)36/h7-11,16,22-25,27,37-39H,4-6,12-13,30H2,1-3H3,(H,31,34)(H,40,41)/t16?,22-,23-,24+,25-,27+/m0/s1. The fraction of sp³-hybridized carbons (Fsp3) is 0.517. The number of ketones is 1. The van der Waals surface area contributed by atoms with Crippen molar-refractivity contribution < 1.29 is 63.4 Å². The van der Waals surface area contributed by atoms with Crippen molar-refractivity contribution in [3.8, 4) is 5.75 Å². The molecule has 1 aromatic rings. The summed E-state index contributed by atoms with van der Waals surface area (Å²) < 4.78 is 16.1. The molecule has 0 bridgehead atoms. The van der Waals surface area contributed by atoms with Crippen LogP contribution in [-0.4, -0.2) is 104 Å². The van der Waals surface area contributed by atoms with E-state index < -0.39 is 77.6 Å². The van der Waals surface area contributed by atoms with Crippen molar-refractivity contribution in [2.45, 2.75) is 83.4 Å². The highest BCUT2D eigenvalue weighted by molar-refractivity contribution is 6.15. The number of carboxylic acid groups (broad SMARTS) is 1. The second-order valence-electron chi connectivity index (χ2n) is 11.5. The summed E-state index contributed by atoms with van der Waals surface area (Å²) in [4.78, 5) is 74.0. The van der Waals surface area contributed by atoms with E-state index in [1.807, 2.05) is 0 Å². The number of aliphatic hydroxyl groups is 3. The lowest BCUT2D eigenvalue weighted by Crippen LogP contribution is -2.61. The quantitative estimate of drug-likeness (QED) is 0.112. The lowest BCUT2D eigenvalue weighted by molar-refractivity contribution is -0.271. The highest BCUT2D eigenvalue weighted by atomic mass is 16.7. The molecule has 0 saturated carbocycles. The fourth-order valence-electron chi connectivity index (χ4n) is 4.41. The molecule has 3 rings (SSSR count). The summed E-state index contributed by atoms with van der Waals surface area (Å²) in [6.07, 6.45) is -7.78. The first-order valence-corrected chi connectivity index (χ1v) is 14.0. The molecule has 246 valence electrons. The maximum absolute atomic E-state index is 12.9. The van der Waals surface area contributed by atoms with E-state index >= 15 is 0 Å². The van der Waals surface area contributed by atoms with E-state index in [4.69, 9.17) is 19.9 Å². The highest BCUT2D eigenvalue weighted by Gasteiger charge is 2.48. The summed E-state index contributed by atoms with van der Waals surface area (Å²) in [5.41, 5.74) is 5.24. The number of carboxylic acids is 1. The summed E-state index contributed by atoms with van der Waals surface area (Å²) in [5.74, 6) is -4.69. The number of hydrogen-bond donors (Lipinski definition) is 6. The lowest BCUT2D eigenvalue weighted by atomic mass is 9.97. The zero-order valence-electron chi connectivity index (χ0n) is 24.9. The molecule has 2 aliphatic heterocycles. The molecule has 2 aliphatic rings. The van der Waals surface area contributed by atoms with Crippen LogP contribution in [0, 0.1) is 5.41 Å². The van der Waals surface area contributed by atoms with Crippen LogP contribution in [0.5, 0.6) is 5.75 Å². The molecule has 1 unspecified atom stereocenters. The van der Waals surface area contributed by atoms with Crippen LogP contribution in [0.2, 0.25) is 0 Å². The zero-order valence-corrected chi connectivity index (χ0v) is 24.9. The van der Waals surface area contributed by atoms with Gasteiger partial charge in [0.1, 0.15) is 36.7 Å². The third kappa shape index (κ3) is 8.70. The minimum absolute atomic E-state index is 0.0126. The van der Waals surface area contributed by atoms with Crippen molar-refractivity contribution in [3.05, 3.63) is 35.9 Å². The largest absolute Gasteiger partial charge is 0.479 e. The average molecular weight is 636 g/mol. The Morgan fingerprint density at radius 3 is 2.24 bits per heavy atom. The molecule has 1 fully saturated rings. The number of ether oxygens (including phenoxy) is 3. The predicted octanol–water partition coefficient (Wildman–Crippen LogP) is -1.02. The van der Waals surface area contributed by atoms with Crippen LogP contribution < -0.4 is 15.8 Å². The summed E-state index contributed by atoms with van der Waals surface area (Å²) in [5, 5.41) is 42.4. The van der Waals surface area contributed by atoms with E-state index in [0.29, 0.717) is 5.56 Å². The molecule has 1 aromatic carbocycles. The van der Waals surface area contributed by atoms with Gasteiger partial charge in [-0.3, -0.25) is 28.9 Å². The number of rotatable bonds is 13. The number of benzene rings is 1. The number of nitrogens with one attached hydrogen (secondary N) is 1. The van der Waals surface area contributed by atoms with E-state index in [-0.39, 0.29) is 43.9 Å². The van der Waals surface area contributed by atoms with Crippen molar-refractivity contribution in [3.63, 3.8) is 0 Å². The van der Waals surface area contributed by atoms with Crippen molar-refractivity contribution in [2.24, 2.45) is 11.1 Å². The van der Waals surface area contributed by atoms with Gasteiger partial charge in [0.05, 0.1) is 11.1 Å². The number of carbonyl (C=O) groups excluding carboxylic acids is 5. The van der Waals surface area contributed by atoms with Crippen LogP contribution in [0.1, 0.15) is 45.6 Å². The lowest BCUT2D eigenvalue weighted by Gasteiger charge is -2.38. The summed E-state index contributed by atoms with van der Waals surface area (Å²) >= 11 is 0. The molecule has 1 saturated heterocycles. The second kappa shape index (κ2) is 14.7. The van der Waals surface area contributed by atoms with Crippen molar-refractivity contribution >= 4 is 41.1 Å². The number of esters is 1. The zero-order chi connectivity index (χ0) is 33.6. The number of amides is 3. The number of imide groups is 1. The van der Waals surface area contributed by atoms with Gasteiger partial charge in [-0.2, -0.15) is 0 Å². The van der Waals surface area contributed by atoms with E-state index in [2.05, 4.69) is 5.32 Å².